The molecule has 0 heterocycles. The zero-order valence-electron chi connectivity index (χ0n) is 6.55. The van der Waals surface area contributed by atoms with E-state index in [0.717, 1.165) is 18.9 Å². The van der Waals surface area contributed by atoms with E-state index < -0.39 is 0 Å². The average Bonchev–Trinajstić information content (AvgIpc) is 1.80. The second-order valence-corrected chi connectivity index (χ2v) is 2.46. The molecule has 0 amide bonds. The third-order valence-corrected chi connectivity index (χ3v) is 0.967. The molecule has 0 spiro atoms. The fraction of sp³-hybridized carbons (Fsp3) is 0.750. The second kappa shape index (κ2) is 5.67. The summed E-state index contributed by atoms with van der Waals surface area (Å²) in [5.41, 5.74) is 0. The summed E-state index contributed by atoms with van der Waals surface area (Å²) in [5.74, 6) is 0.738. The molecule has 0 aliphatic rings. The lowest BCUT2D eigenvalue weighted by Crippen LogP contribution is -1.82. The van der Waals surface area contributed by atoms with Crippen LogP contribution in [0.5, 0.6) is 0 Å². The molecular formula is C8H16O. The van der Waals surface area contributed by atoms with Gasteiger partial charge in [-0.15, -0.1) is 0 Å². The first-order chi connectivity index (χ1) is 4.27. The highest BCUT2D eigenvalue weighted by atomic mass is 16.5. The molecule has 0 bridgehead atoms. The van der Waals surface area contributed by atoms with E-state index in [0.29, 0.717) is 0 Å². The van der Waals surface area contributed by atoms with Gasteiger partial charge in [0, 0.05) is 0 Å². The summed E-state index contributed by atoms with van der Waals surface area (Å²) in [4.78, 5) is 0. The van der Waals surface area contributed by atoms with Crippen LogP contribution in [0.3, 0.4) is 0 Å². The van der Waals surface area contributed by atoms with Crippen LogP contribution in [-0.4, -0.2) is 6.61 Å². The topological polar surface area (TPSA) is 9.23 Å². The van der Waals surface area contributed by atoms with Crippen molar-refractivity contribution >= 4 is 0 Å². The summed E-state index contributed by atoms with van der Waals surface area (Å²) in [7, 11) is 0. The molecule has 0 rings (SSSR count). The molecule has 1 heteroatoms. The molecule has 0 unspecified atom stereocenters. The molecule has 0 N–H and O–H groups in total. The molecule has 1 nitrogen and oxygen atoms in total. The largest absolute Gasteiger partial charge is 0.502 e. The Balaban J connectivity index is 3.04. The minimum atomic E-state index is 0.738. The smallest absolute Gasteiger partial charge is 0.0845 e. The first-order valence-electron chi connectivity index (χ1n) is 3.54. The van der Waals surface area contributed by atoms with E-state index in [4.69, 9.17) is 4.74 Å². The van der Waals surface area contributed by atoms with Crippen LogP contribution in [-0.2, 0) is 4.74 Å². The Labute approximate surface area is 57.7 Å². The summed E-state index contributed by atoms with van der Waals surface area (Å²) >= 11 is 0. The highest BCUT2D eigenvalue weighted by Crippen LogP contribution is 1.99. The van der Waals surface area contributed by atoms with Crippen molar-refractivity contribution in [3.05, 3.63) is 12.3 Å². The van der Waals surface area contributed by atoms with Crippen molar-refractivity contribution in [1.82, 2.24) is 0 Å². The molecule has 0 saturated carbocycles. The van der Waals surface area contributed by atoms with Gasteiger partial charge in [0.2, 0.25) is 0 Å². The van der Waals surface area contributed by atoms with E-state index in [2.05, 4.69) is 19.9 Å². The highest BCUT2D eigenvalue weighted by Gasteiger charge is 1.85. The van der Waals surface area contributed by atoms with Crippen molar-refractivity contribution in [1.29, 1.82) is 0 Å². The van der Waals surface area contributed by atoms with Crippen molar-refractivity contribution < 1.29 is 4.74 Å². The maximum atomic E-state index is 5.00. The first-order valence-corrected chi connectivity index (χ1v) is 3.54. The van der Waals surface area contributed by atoms with Gasteiger partial charge < -0.3 is 4.74 Å². The molecular weight excluding hydrogens is 112 g/mol. The third-order valence-electron chi connectivity index (χ3n) is 0.967. The predicted octanol–water partition coefficient (Wildman–Crippen LogP) is 2.58. The van der Waals surface area contributed by atoms with Crippen molar-refractivity contribution in [2.45, 2.75) is 27.2 Å². The van der Waals surface area contributed by atoms with Crippen molar-refractivity contribution in [2.75, 3.05) is 6.61 Å². The van der Waals surface area contributed by atoms with Crippen LogP contribution in [0.4, 0.5) is 0 Å². The zero-order chi connectivity index (χ0) is 7.11. The number of rotatable bonds is 4. The Hall–Kier alpha value is -0.460. The van der Waals surface area contributed by atoms with Crippen LogP contribution in [0.25, 0.3) is 0 Å². The predicted molar refractivity (Wildman–Crippen MR) is 40.2 cm³/mol. The molecule has 0 aliphatic carbocycles. The normalized spacial score (nSPS) is 11.1. The van der Waals surface area contributed by atoms with Gasteiger partial charge in [-0.1, -0.05) is 13.8 Å². The van der Waals surface area contributed by atoms with Gasteiger partial charge in [-0.3, -0.25) is 0 Å². The van der Waals surface area contributed by atoms with Gasteiger partial charge in [-0.05, 0) is 25.3 Å². The zero-order valence-corrected chi connectivity index (χ0v) is 6.55. The van der Waals surface area contributed by atoms with Crippen LogP contribution < -0.4 is 0 Å². The molecule has 0 aromatic rings. The van der Waals surface area contributed by atoms with E-state index >= 15 is 0 Å². The summed E-state index contributed by atoms with van der Waals surface area (Å²) in [6, 6.07) is 0. The molecule has 54 valence electrons. The lowest BCUT2D eigenvalue weighted by molar-refractivity contribution is 0.267. The molecule has 9 heavy (non-hydrogen) atoms. The minimum absolute atomic E-state index is 0.738. The van der Waals surface area contributed by atoms with Crippen molar-refractivity contribution in [3.8, 4) is 0 Å². The monoisotopic (exact) mass is 128 g/mol. The minimum Gasteiger partial charge on any atom is -0.502 e. The Kier molecular flexibility index (Phi) is 5.38. The molecule has 0 aromatic carbocycles. The van der Waals surface area contributed by atoms with Crippen LogP contribution in [0.15, 0.2) is 12.3 Å². The maximum absolute atomic E-state index is 5.00. The number of hydrogen-bond acceptors (Lipinski definition) is 1. The maximum Gasteiger partial charge on any atom is 0.0845 e. The molecule has 0 aromatic heterocycles. The van der Waals surface area contributed by atoms with Gasteiger partial charge in [0.25, 0.3) is 0 Å². The fourth-order valence-electron chi connectivity index (χ4n) is 0.492. The van der Waals surface area contributed by atoms with Gasteiger partial charge in [-0.25, -0.2) is 0 Å². The van der Waals surface area contributed by atoms with Crippen LogP contribution in [0.2, 0.25) is 0 Å². The molecule has 0 fully saturated rings. The highest BCUT2D eigenvalue weighted by molar-refractivity contribution is 4.74. The van der Waals surface area contributed by atoms with E-state index in [9.17, 15) is 0 Å². The van der Waals surface area contributed by atoms with Crippen LogP contribution >= 0.6 is 0 Å². The lowest BCUT2D eigenvalue weighted by atomic mass is 10.1. The molecule has 0 aliphatic heterocycles. The van der Waals surface area contributed by atoms with E-state index in [-0.39, 0.29) is 0 Å². The number of ether oxygens (including phenoxy) is 1. The average molecular weight is 128 g/mol. The lowest BCUT2D eigenvalue weighted by Gasteiger charge is -1.96. The Bertz CT molecular complexity index is 74.6. The molecule has 0 saturated heterocycles. The van der Waals surface area contributed by atoms with Gasteiger partial charge in [0.15, 0.2) is 0 Å². The third kappa shape index (κ3) is 7.54. The van der Waals surface area contributed by atoms with Gasteiger partial charge in [-0.2, -0.15) is 0 Å². The van der Waals surface area contributed by atoms with Crippen molar-refractivity contribution in [2.24, 2.45) is 5.92 Å². The summed E-state index contributed by atoms with van der Waals surface area (Å²) in [6.07, 6.45) is 4.95. The van der Waals surface area contributed by atoms with Gasteiger partial charge in [0.05, 0.1) is 12.9 Å². The van der Waals surface area contributed by atoms with Gasteiger partial charge in [0.1, 0.15) is 0 Å². The van der Waals surface area contributed by atoms with E-state index in [1.807, 2.05) is 6.92 Å². The summed E-state index contributed by atoms with van der Waals surface area (Å²) in [6.45, 7) is 7.14. The van der Waals surface area contributed by atoms with Crippen LogP contribution in [0, 0.1) is 5.92 Å². The first kappa shape index (κ1) is 8.54. The number of hydrogen-bond donors (Lipinski definition) is 0. The fourth-order valence-corrected chi connectivity index (χ4v) is 0.492. The quantitative estimate of drug-likeness (QED) is 0.529. The van der Waals surface area contributed by atoms with E-state index in [1.54, 1.807) is 6.26 Å². The van der Waals surface area contributed by atoms with Crippen molar-refractivity contribution in [3.63, 3.8) is 0 Å². The Morgan fingerprint density at radius 1 is 1.44 bits per heavy atom. The molecule has 0 radical (unpaired) electrons. The summed E-state index contributed by atoms with van der Waals surface area (Å²) < 4.78 is 5.00. The standard InChI is InChI=1S/C8H16O/c1-4-9-7-5-6-8(2)3/h5,7-8H,4,6H2,1-3H3/b7-5+. The van der Waals surface area contributed by atoms with Crippen LogP contribution in [0.1, 0.15) is 27.2 Å². The van der Waals surface area contributed by atoms with Gasteiger partial charge >= 0.3 is 0 Å². The number of allylic oxidation sites excluding steroid dienone is 1. The SMILES string of the molecule is CCO/C=C/CC(C)C. The summed E-state index contributed by atoms with van der Waals surface area (Å²) in [5, 5.41) is 0. The second-order valence-electron chi connectivity index (χ2n) is 2.46. The Morgan fingerprint density at radius 2 is 2.11 bits per heavy atom. The van der Waals surface area contributed by atoms with E-state index in [1.165, 1.54) is 0 Å². The molecule has 0 atom stereocenters. The Morgan fingerprint density at radius 3 is 2.56 bits per heavy atom.